The first-order valence-electron chi connectivity index (χ1n) is 9.84. The number of amides is 1. The van der Waals surface area contributed by atoms with Crippen LogP contribution in [0, 0.1) is 0 Å². The summed E-state index contributed by atoms with van der Waals surface area (Å²) in [6, 6.07) is 13.0. The van der Waals surface area contributed by atoms with Crippen molar-refractivity contribution in [1.82, 2.24) is 5.43 Å². The van der Waals surface area contributed by atoms with Crippen LogP contribution in [0.15, 0.2) is 74.9 Å². The Bertz CT molecular complexity index is 1400. The number of nitrogens with zero attached hydrogens (tertiary/aromatic N) is 1. The van der Waals surface area contributed by atoms with Crippen LogP contribution in [-0.2, 0) is 21.2 Å². The van der Waals surface area contributed by atoms with E-state index >= 15 is 0 Å². The standard InChI is InChI=1S/C22H21N5O4S2/c1-13(24-12-25-23)32-20-11-19(16-4-2-3-5-17(16)22(20)29)27-33(30,31)15-7-8-18-14(10-15)6-9-21(28)26-18/h2-5,7-8,10-12,27,29H,1,6,9,23H2,(H,24,25)(H,26,28). The molecule has 0 aliphatic carbocycles. The maximum atomic E-state index is 13.2. The smallest absolute Gasteiger partial charge is 0.261 e. The molecule has 0 fully saturated rings. The molecule has 9 nitrogen and oxygen atoms in total. The Morgan fingerprint density at radius 1 is 1.18 bits per heavy atom. The van der Waals surface area contributed by atoms with E-state index in [-0.39, 0.29) is 16.6 Å². The summed E-state index contributed by atoms with van der Waals surface area (Å²) in [5, 5.41) is 14.8. The first-order valence-corrected chi connectivity index (χ1v) is 12.1. The second-order valence-electron chi connectivity index (χ2n) is 7.21. The molecule has 3 aromatic carbocycles. The number of carbonyl (C=O) groups is 1. The molecule has 1 aliphatic heterocycles. The van der Waals surface area contributed by atoms with Crippen LogP contribution >= 0.6 is 11.8 Å². The number of aryl methyl sites for hydroxylation is 1. The fourth-order valence-corrected chi connectivity index (χ4v) is 5.35. The average molecular weight is 484 g/mol. The molecule has 0 atom stereocenters. The largest absolute Gasteiger partial charge is 0.506 e. The number of thioether (sulfide) groups is 1. The number of carbonyl (C=O) groups excluding carboxylic acids is 1. The zero-order valence-electron chi connectivity index (χ0n) is 17.3. The molecular formula is C22H21N5O4S2. The highest BCUT2D eigenvalue weighted by molar-refractivity contribution is 8.03. The van der Waals surface area contributed by atoms with Gasteiger partial charge >= 0.3 is 0 Å². The van der Waals surface area contributed by atoms with Gasteiger partial charge in [0.05, 0.1) is 20.5 Å². The predicted molar refractivity (Wildman–Crippen MR) is 131 cm³/mol. The first kappa shape index (κ1) is 22.6. The average Bonchev–Trinajstić information content (AvgIpc) is 2.80. The van der Waals surface area contributed by atoms with Gasteiger partial charge < -0.3 is 15.8 Å². The van der Waals surface area contributed by atoms with Gasteiger partial charge in [-0.15, -0.1) is 0 Å². The van der Waals surface area contributed by atoms with Crippen LogP contribution in [0.4, 0.5) is 11.4 Å². The van der Waals surface area contributed by atoms with E-state index < -0.39 is 10.0 Å². The van der Waals surface area contributed by atoms with Gasteiger partial charge in [-0.3, -0.25) is 9.52 Å². The number of hydrogen-bond donors (Lipinski definition) is 5. The molecule has 170 valence electrons. The minimum absolute atomic E-state index is 0.0138. The highest BCUT2D eigenvalue weighted by Crippen LogP contribution is 2.42. The number of hydrogen-bond acceptors (Lipinski definition) is 7. The van der Waals surface area contributed by atoms with Crippen molar-refractivity contribution in [3.63, 3.8) is 0 Å². The van der Waals surface area contributed by atoms with Crippen molar-refractivity contribution in [3.8, 4) is 5.75 Å². The van der Waals surface area contributed by atoms with Crippen molar-refractivity contribution in [2.24, 2.45) is 10.8 Å². The molecule has 1 amide bonds. The number of anilines is 2. The zero-order chi connectivity index (χ0) is 23.6. The van der Waals surface area contributed by atoms with Crippen LogP contribution < -0.4 is 21.3 Å². The molecule has 3 aromatic rings. The van der Waals surface area contributed by atoms with Crippen molar-refractivity contribution in [1.29, 1.82) is 0 Å². The Morgan fingerprint density at radius 2 is 1.94 bits per heavy atom. The summed E-state index contributed by atoms with van der Waals surface area (Å²) in [5.41, 5.74) is 3.94. The maximum absolute atomic E-state index is 13.2. The quantitative estimate of drug-likeness (QED) is 0.0865. The van der Waals surface area contributed by atoms with Gasteiger partial charge in [-0.05, 0) is 36.2 Å². The Kier molecular flexibility index (Phi) is 6.27. The summed E-state index contributed by atoms with van der Waals surface area (Å²) in [7, 11) is -3.96. The first-order chi connectivity index (χ1) is 15.8. The number of nitrogens with two attached hydrogens (primary N) is 1. The third-order valence-corrected chi connectivity index (χ3v) is 7.25. The molecule has 4 rings (SSSR count). The molecule has 11 heteroatoms. The van der Waals surface area contributed by atoms with E-state index in [2.05, 4.69) is 27.0 Å². The lowest BCUT2D eigenvalue weighted by Crippen LogP contribution is -2.20. The highest BCUT2D eigenvalue weighted by atomic mass is 32.2. The number of fused-ring (bicyclic) bond motifs is 2. The minimum atomic E-state index is -3.96. The Balaban J connectivity index is 1.73. The summed E-state index contributed by atoms with van der Waals surface area (Å²) in [6.45, 7) is 3.80. The fourth-order valence-electron chi connectivity index (χ4n) is 3.49. The van der Waals surface area contributed by atoms with Crippen LogP contribution in [0.25, 0.3) is 10.8 Å². The van der Waals surface area contributed by atoms with Crippen LogP contribution in [0.1, 0.15) is 12.0 Å². The van der Waals surface area contributed by atoms with Gasteiger partial charge in [-0.25, -0.2) is 19.3 Å². The summed E-state index contributed by atoms with van der Waals surface area (Å²) < 4.78 is 29.1. The molecule has 0 saturated carbocycles. The lowest BCUT2D eigenvalue weighted by Gasteiger charge is -2.18. The van der Waals surface area contributed by atoms with Gasteiger partial charge in [-0.1, -0.05) is 42.6 Å². The van der Waals surface area contributed by atoms with Crippen molar-refractivity contribution < 1.29 is 18.3 Å². The molecule has 1 aliphatic rings. The van der Waals surface area contributed by atoms with E-state index in [1.165, 1.54) is 18.5 Å². The minimum Gasteiger partial charge on any atom is -0.506 e. The van der Waals surface area contributed by atoms with E-state index in [4.69, 9.17) is 5.84 Å². The summed E-state index contributed by atoms with van der Waals surface area (Å²) in [6.07, 6.45) is 2.02. The van der Waals surface area contributed by atoms with Crippen molar-refractivity contribution in [2.45, 2.75) is 22.6 Å². The van der Waals surface area contributed by atoms with E-state index in [0.29, 0.717) is 44.9 Å². The highest BCUT2D eigenvalue weighted by Gasteiger charge is 2.22. The fraction of sp³-hybridized carbons (Fsp3) is 0.0909. The van der Waals surface area contributed by atoms with E-state index in [0.717, 1.165) is 17.3 Å². The number of aromatic hydroxyl groups is 1. The van der Waals surface area contributed by atoms with Crippen molar-refractivity contribution >= 4 is 56.2 Å². The van der Waals surface area contributed by atoms with Gasteiger partial charge in [0.1, 0.15) is 12.1 Å². The van der Waals surface area contributed by atoms with Crippen LogP contribution in [0.5, 0.6) is 5.75 Å². The summed E-state index contributed by atoms with van der Waals surface area (Å²) in [5.74, 6) is 5.07. The van der Waals surface area contributed by atoms with Gasteiger partial charge in [0.2, 0.25) is 5.91 Å². The van der Waals surface area contributed by atoms with Crippen LogP contribution in [0.3, 0.4) is 0 Å². The molecule has 0 bridgehead atoms. The number of nitrogens with one attached hydrogen (secondary N) is 3. The maximum Gasteiger partial charge on any atom is 0.261 e. The SMILES string of the molecule is C=C(N=CNN)Sc1cc(NS(=O)(=O)c2ccc3c(c2)CCC(=O)N3)c2ccccc2c1O. The number of hydrazine groups is 1. The van der Waals surface area contributed by atoms with Crippen molar-refractivity contribution in [2.75, 3.05) is 10.0 Å². The van der Waals surface area contributed by atoms with Gasteiger partial charge in [0.15, 0.2) is 0 Å². The van der Waals surface area contributed by atoms with Crippen molar-refractivity contribution in [3.05, 3.63) is 65.7 Å². The third-order valence-electron chi connectivity index (χ3n) is 5.02. The van der Waals surface area contributed by atoms with Crippen LogP contribution in [-0.4, -0.2) is 25.8 Å². The van der Waals surface area contributed by atoms with Gasteiger partial charge in [0.25, 0.3) is 10.0 Å². The molecule has 0 spiro atoms. The second-order valence-corrected chi connectivity index (χ2v) is 10.0. The number of sulfonamides is 1. The van der Waals surface area contributed by atoms with Gasteiger partial charge in [0, 0.05) is 22.9 Å². The molecule has 6 N–H and O–H groups in total. The second kappa shape index (κ2) is 9.14. The molecule has 0 saturated heterocycles. The zero-order valence-corrected chi connectivity index (χ0v) is 19.0. The molecule has 1 heterocycles. The molecular weight excluding hydrogens is 462 g/mol. The number of aliphatic imine (C=N–C) groups is 1. The number of phenolic OH excluding ortho intramolecular Hbond substituents is 1. The van der Waals surface area contributed by atoms with E-state index in [1.807, 2.05) is 0 Å². The van der Waals surface area contributed by atoms with Crippen LogP contribution in [0.2, 0.25) is 0 Å². The normalized spacial score (nSPS) is 13.5. The third kappa shape index (κ3) is 4.80. The molecule has 0 aromatic heterocycles. The lowest BCUT2D eigenvalue weighted by atomic mass is 10.0. The number of rotatable bonds is 7. The number of benzene rings is 3. The van der Waals surface area contributed by atoms with E-state index in [1.54, 1.807) is 36.4 Å². The molecule has 0 radical (unpaired) electrons. The molecule has 33 heavy (non-hydrogen) atoms. The Labute approximate surface area is 194 Å². The lowest BCUT2D eigenvalue weighted by molar-refractivity contribution is -0.116. The summed E-state index contributed by atoms with van der Waals surface area (Å²) in [4.78, 5) is 16.0. The topological polar surface area (TPSA) is 146 Å². The predicted octanol–water partition coefficient (Wildman–Crippen LogP) is 3.29. The monoisotopic (exact) mass is 483 g/mol. The Morgan fingerprint density at radius 3 is 2.70 bits per heavy atom. The number of phenols is 1. The van der Waals surface area contributed by atoms with Gasteiger partial charge in [-0.2, -0.15) is 0 Å². The Hall–Kier alpha value is -3.54. The molecule has 0 unspecified atom stereocenters. The van der Waals surface area contributed by atoms with E-state index in [9.17, 15) is 18.3 Å². The summed E-state index contributed by atoms with van der Waals surface area (Å²) >= 11 is 1.07.